The van der Waals surface area contributed by atoms with Crippen LogP contribution < -0.4 is 14.8 Å². The Morgan fingerprint density at radius 1 is 1.11 bits per heavy atom. The van der Waals surface area contributed by atoms with E-state index in [-0.39, 0.29) is 18.3 Å². The molecule has 5 rings (SSSR count). The fraction of sp³-hybridized carbons (Fsp3) is 0.226. The number of ether oxygens (including phenoxy) is 3. The number of rotatable bonds is 9. The minimum atomic E-state index is -0.496. The molecule has 0 saturated heterocycles. The van der Waals surface area contributed by atoms with Crippen molar-refractivity contribution in [3.05, 3.63) is 107 Å². The Labute approximate surface area is 222 Å². The van der Waals surface area contributed by atoms with Gasteiger partial charge in [-0.15, -0.1) is 0 Å². The van der Waals surface area contributed by atoms with Crippen molar-refractivity contribution in [2.24, 2.45) is 0 Å². The Hall–Kier alpha value is -4.36. The number of carbonyl (C=O) groups excluding carboxylic acids is 1. The van der Waals surface area contributed by atoms with E-state index >= 15 is 0 Å². The van der Waals surface area contributed by atoms with Gasteiger partial charge in [0.25, 0.3) is 0 Å². The highest BCUT2D eigenvalue weighted by Crippen LogP contribution is 2.36. The third kappa shape index (κ3) is 5.79. The van der Waals surface area contributed by atoms with E-state index in [0.29, 0.717) is 18.2 Å². The number of fused-ring (bicyclic) bond motifs is 1. The molecule has 3 aromatic carbocycles. The van der Waals surface area contributed by atoms with Crippen LogP contribution in [0, 0.1) is 0 Å². The van der Waals surface area contributed by atoms with Crippen LogP contribution in [0.1, 0.15) is 45.7 Å². The normalized spacial score (nSPS) is 14.7. The molecule has 1 atom stereocenters. The fourth-order valence-electron chi connectivity index (χ4n) is 4.46. The van der Waals surface area contributed by atoms with Gasteiger partial charge in [-0.3, -0.25) is 0 Å². The lowest BCUT2D eigenvalue weighted by Crippen LogP contribution is -2.28. The number of aromatic nitrogens is 1. The van der Waals surface area contributed by atoms with E-state index in [0.717, 1.165) is 35.4 Å². The molecule has 0 amide bonds. The van der Waals surface area contributed by atoms with E-state index in [1.54, 1.807) is 14.0 Å². The smallest absolute Gasteiger partial charge is 0.360 e. The lowest BCUT2D eigenvalue weighted by molar-refractivity contribution is 0.0519. The molecule has 0 fully saturated rings. The zero-order chi connectivity index (χ0) is 26.3. The molecule has 0 saturated carbocycles. The van der Waals surface area contributed by atoms with Crippen molar-refractivity contribution >= 4 is 12.0 Å². The monoisotopic (exact) mass is 510 g/mol. The van der Waals surface area contributed by atoms with Gasteiger partial charge in [-0.05, 0) is 59.9 Å². The minimum absolute atomic E-state index is 0.0247. The van der Waals surface area contributed by atoms with Gasteiger partial charge in [0.15, 0.2) is 17.2 Å². The molecule has 0 spiro atoms. The average Bonchev–Trinajstić information content (AvgIpc) is 3.46. The topological polar surface area (TPSA) is 82.8 Å². The second-order valence-electron chi connectivity index (χ2n) is 8.90. The van der Waals surface area contributed by atoms with Gasteiger partial charge in [-0.25, -0.2) is 9.78 Å². The molecule has 4 aromatic rings. The number of oxazole rings is 1. The summed E-state index contributed by atoms with van der Waals surface area (Å²) < 4.78 is 22.3. The summed E-state index contributed by atoms with van der Waals surface area (Å²) >= 11 is 0. The third-order valence-electron chi connectivity index (χ3n) is 6.36. The number of hydrogen-bond donors (Lipinski definition) is 1. The highest BCUT2D eigenvalue weighted by molar-refractivity contribution is 5.87. The van der Waals surface area contributed by atoms with Gasteiger partial charge in [0.1, 0.15) is 12.9 Å². The van der Waals surface area contributed by atoms with Crippen LogP contribution in [-0.4, -0.2) is 31.2 Å². The predicted molar refractivity (Wildman–Crippen MR) is 145 cm³/mol. The number of hydrogen-bond acceptors (Lipinski definition) is 7. The minimum Gasteiger partial charge on any atom is -0.493 e. The molecule has 38 heavy (non-hydrogen) atoms. The summed E-state index contributed by atoms with van der Waals surface area (Å²) in [6, 6.07) is 22.1. The van der Waals surface area contributed by atoms with E-state index in [1.165, 1.54) is 17.4 Å². The molecule has 7 nitrogen and oxygen atoms in total. The van der Waals surface area contributed by atoms with E-state index in [2.05, 4.69) is 34.6 Å². The van der Waals surface area contributed by atoms with Crippen molar-refractivity contribution in [1.82, 2.24) is 10.3 Å². The molecule has 0 aliphatic carbocycles. The van der Waals surface area contributed by atoms with E-state index in [1.807, 2.05) is 54.6 Å². The summed E-state index contributed by atoms with van der Waals surface area (Å²) in [6.45, 7) is 3.38. The van der Waals surface area contributed by atoms with Crippen molar-refractivity contribution in [2.75, 3.05) is 20.3 Å². The molecular formula is C31H30N2O5. The number of benzene rings is 3. The van der Waals surface area contributed by atoms with Gasteiger partial charge >= 0.3 is 5.97 Å². The van der Waals surface area contributed by atoms with Crippen LogP contribution in [0.15, 0.2) is 83.5 Å². The maximum Gasteiger partial charge on any atom is 0.360 e. The van der Waals surface area contributed by atoms with Crippen molar-refractivity contribution in [1.29, 1.82) is 0 Å². The lowest BCUT2D eigenvalue weighted by atomic mass is 9.93. The Kier molecular flexibility index (Phi) is 7.85. The second kappa shape index (κ2) is 11.8. The molecule has 1 unspecified atom stereocenters. The van der Waals surface area contributed by atoms with Gasteiger partial charge < -0.3 is 23.9 Å². The van der Waals surface area contributed by atoms with Crippen molar-refractivity contribution in [2.45, 2.75) is 26.0 Å². The van der Waals surface area contributed by atoms with Crippen LogP contribution in [-0.2, 0) is 17.8 Å². The van der Waals surface area contributed by atoms with Crippen molar-refractivity contribution in [3.63, 3.8) is 0 Å². The Morgan fingerprint density at radius 2 is 1.97 bits per heavy atom. The highest BCUT2D eigenvalue weighted by Gasteiger charge is 2.21. The van der Waals surface area contributed by atoms with Crippen LogP contribution in [0.3, 0.4) is 0 Å². The van der Waals surface area contributed by atoms with Crippen LogP contribution in [0.4, 0.5) is 0 Å². The number of carbonyl (C=O) groups is 1. The summed E-state index contributed by atoms with van der Waals surface area (Å²) in [5.41, 5.74) is 5.44. The molecule has 1 aliphatic rings. The third-order valence-corrected chi connectivity index (χ3v) is 6.36. The summed E-state index contributed by atoms with van der Waals surface area (Å²) in [5, 5.41) is 3.58. The predicted octanol–water partition coefficient (Wildman–Crippen LogP) is 6.01. The molecule has 0 radical (unpaired) electrons. The van der Waals surface area contributed by atoms with Crippen LogP contribution >= 0.6 is 0 Å². The zero-order valence-corrected chi connectivity index (χ0v) is 21.5. The summed E-state index contributed by atoms with van der Waals surface area (Å²) in [4.78, 5) is 16.2. The van der Waals surface area contributed by atoms with E-state index < -0.39 is 5.97 Å². The molecule has 1 N–H and O–H groups in total. The standard InChI is InChI=1S/C31H30N2O5/c1-3-36-31(34)27-20-38-30(33-27)24-11-7-10-21(16-24)12-13-26-25-18-28(35-2)29(17-23(25)14-15-32-26)37-19-22-8-5-4-6-9-22/h4-13,16-18,20,26,32H,3,14-15,19H2,1-2H3. The maximum absolute atomic E-state index is 11.9. The van der Waals surface area contributed by atoms with Gasteiger partial charge in [-0.1, -0.05) is 54.6 Å². The summed E-state index contributed by atoms with van der Waals surface area (Å²) in [7, 11) is 1.67. The maximum atomic E-state index is 11.9. The first-order valence-electron chi connectivity index (χ1n) is 12.7. The van der Waals surface area contributed by atoms with E-state index in [4.69, 9.17) is 18.6 Å². The van der Waals surface area contributed by atoms with E-state index in [9.17, 15) is 4.79 Å². The fourth-order valence-corrected chi connectivity index (χ4v) is 4.46. The summed E-state index contributed by atoms with van der Waals surface area (Å²) in [5.74, 6) is 1.34. The first-order valence-corrected chi connectivity index (χ1v) is 12.7. The van der Waals surface area contributed by atoms with Gasteiger partial charge in [0.2, 0.25) is 5.89 Å². The first-order chi connectivity index (χ1) is 18.6. The molecule has 1 aliphatic heterocycles. The number of esters is 1. The van der Waals surface area contributed by atoms with Crippen LogP contribution in [0.2, 0.25) is 0 Å². The molecular weight excluding hydrogens is 480 g/mol. The molecule has 1 aromatic heterocycles. The number of nitrogens with zero attached hydrogens (tertiary/aromatic N) is 1. The molecule has 7 heteroatoms. The number of nitrogens with one attached hydrogen (secondary N) is 1. The Balaban J connectivity index is 1.33. The number of methoxy groups -OCH3 is 1. The zero-order valence-electron chi connectivity index (χ0n) is 21.5. The lowest BCUT2D eigenvalue weighted by Gasteiger charge is -2.26. The molecule has 2 heterocycles. The van der Waals surface area contributed by atoms with Gasteiger partial charge in [-0.2, -0.15) is 0 Å². The average molecular weight is 511 g/mol. The highest BCUT2D eigenvalue weighted by atomic mass is 16.5. The Morgan fingerprint density at radius 3 is 2.79 bits per heavy atom. The Bertz CT molecular complexity index is 1430. The SMILES string of the molecule is CCOC(=O)c1coc(-c2cccc(C=CC3NCCc4cc(OCc5ccccc5)c(OC)cc43)c2)n1. The molecule has 0 bridgehead atoms. The second-order valence-corrected chi connectivity index (χ2v) is 8.90. The van der Waals surface area contributed by atoms with Gasteiger partial charge in [0.05, 0.1) is 19.8 Å². The first kappa shape index (κ1) is 25.3. The van der Waals surface area contributed by atoms with Crippen molar-refractivity contribution < 1.29 is 23.4 Å². The van der Waals surface area contributed by atoms with Crippen LogP contribution in [0.25, 0.3) is 17.5 Å². The van der Waals surface area contributed by atoms with Crippen molar-refractivity contribution in [3.8, 4) is 23.0 Å². The van der Waals surface area contributed by atoms with Crippen LogP contribution in [0.5, 0.6) is 11.5 Å². The molecule has 194 valence electrons. The largest absolute Gasteiger partial charge is 0.493 e. The summed E-state index contributed by atoms with van der Waals surface area (Å²) in [6.07, 6.45) is 6.44. The van der Waals surface area contributed by atoms with Gasteiger partial charge in [0, 0.05) is 12.1 Å². The quantitative estimate of drug-likeness (QED) is 0.276.